The molecule has 3 rings (SSSR count). The quantitative estimate of drug-likeness (QED) is 0.321. The van der Waals surface area contributed by atoms with Crippen LogP contribution in [-0.2, 0) is 11.2 Å². The van der Waals surface area contributed by atoms with E-state index in [0.29, 0.717) is 19.8 Å². The van der Waals surface area contributed by atoms with Gasteiger partial charge in [-0.1, -0.05) is 6.07 Å². The van der Waals surface area contributed by atoms with Crippen LogP contribution in [0.3, 0.4) is 0 Å². The summed E-state index contributed by atoms with van der Waals surface area (Å²) in [5, 5.41) is 9.98. The fourth-order valence-corrected chi connectivity index (χ4v) is 4.16. The normalized spacial score (nSPS) is 14.2. The van der Waals surface area contributed by atoms with Crippen LogP contribution < -0.4 is 20.3 Å². The van der Waals surface area contributed by atoms with Crippen molar-refractivity contribution in [2.75, 3.05) is 56.7 Å². The van der Waals surface area contributed by atoms with Crippen LogP contribution in [0.2, 0.25) is 0 Å². The average Bonchev–Trinajstić information content (AvgIpc) is 3.44. The molecule has 1 aromatic heterocycles. The minimum atomic E-state index is 0.637. The third-order valence-electron chi connectivity index (χ3n) is 4.76. The monoisotopic (exact) mass is 431 g/mol. The van der Waals surface area contributed by atoms with E-state index in [4.69, 9.17) is 19.5 Å². The molecule has 2 heterocycles. The Kier molecular flexibility index (Phi) is 9.24. The molecule has 1 fully saturated rings. The molecule has 2 N–H and O–H groups in total. The molecule has 1 aliphatic rings. The van der Waals surface area contributed by atoms with Gasteiger partial charge in [0.05, 0.1) is 12.3 Å². The van der Waals surface area contributed by atoms with Gasteiger partial charge in [0.25, 0.3) is 0 Å². The van der Waals surface area contributed by atoms with Crippen molar-refractivity contribution in [1.82, 2.24) is 10.3 Å². The van der Waals surface area contributed by atoms with Gasteiger partial charge in [0, 0.05) is 69.9 Å². The lowest BCUT2D eigenvalue weighted by Gasteiger charge is -2.13. The molecule has 2 aromatic rings. The zero-order valence-corrected chi connectivity index (χ0v) is 18.8. The summed E-state index contributed by atoms with van der Waals surface area (Å²) in [5.41, 5.74) is 2.07. The van der Waals surface area contributed by atoms with Gasteiger partial charge in [-0.2, -0.15) is 0 Å². The Morgan fingerprint density at radius 1 is 1.27 bits per heavy atom. The van der Waals surface area contributed by atoms with E-state index in [1.54, 1.807) is 18.4 Å². The number of aliphatic imine (C=N–C) groups is 1. The molecule has 1 saturated heterocycles. The number of nitrogens with one attached hydrogen (secondary N) is 2. The summed E-state index contributed by atoms with van der Waals surface area (Å²) >= 11 is 1.74. The lowest BCUT2D eigenvalue weighted by molar-refractivity contribution is 0.172. The number of benzene rings is 1. The largest absolute Gasteiger partial charge is 0.493 e. The van der Waals surface area contributed by atoms with Crippen LogP contribution in [0.1, 0.15) is 31.9 Å². The Balaban J connectivity index is 1.51. The first kappa shape index (κ1) is 22.4. The SMILES string of the molecule is CCNC(=NCCc1csc(N2CCCC2)n1)Nc1cccc(OCCCOC)c1. The van der Waals surface area contributed by atoms with Gasteiger partial charge in [0.2, 0.25) is 0 Å². The minimum Gasteiger partial charge on any atom is -0.493 e. The van der Waals surface area contributed by atoms with Gasteiger partial charge in [-0.15, -0.1) is 11.3 Å². The number of hydrogen-bond donors (Lipinski definition) is 2. The Labute approximate surface area is 183 Å². The highest BCUT2D eigenvalue weighted by molar-refractivity contribution is 7.13. The first-order chi connectivity index (χ1) is 14.8. The number of anilines is 2. The zero-order valence-electron chi connectivity index (χ0n) is 18.0. The highest BCUT2D eigenvalue weighted by atomic mass is 32.1. The van der Waals surface area contributed by atoms with Gasteiger partial charge in [-0.3, -0.25) is 4.99 Å². The number of guanidine groups is 1. The molecule has 0 amide bonds. The summed E-state index contributed by atoms with van der Waals surface area (Å²) in [6.45, 7) is 7.16. The first-order valence-electron chi connectivity index (χ1n) is 10.7. The molecule has 0 bridgehead atoms. The van der Waals surface area contributed by atoms with Crippen molar-refractivity contribution in [2.24, 2.45) is 4.99 Å². The summed E-state index contributed by atoms with van der Waals surface area (Å²) in [7, 11) is 1.70. The molecule has 0 aliphatic carbocycles. The fourth-order valence-electron chi connectivity index (χ4n) is 3.25. The molecule has 0 spiro atoms. The summed E-state index contributed by atoms with van der Waals surface area (Å²) in [6.07, 6.45) is 4.25. The van der Waals surface area contributed by atoms with Crippen molar-refractivity contribution in [1.29, 1.82) is 0 Å². The maximum atomic E-state index is 5.78. The van der Waals surface area contributed by atoms with Crippen molar-refractivity contribution in [2.45, 2.75) is 32.6 Å². The molecule has 1 aliphatic heterocycles. The summed E-state index contributed by atoms with van der Waals surface area (Å²) in [6, 6.07) is 7.94. The molecule has 7 nitrogen and oxygen atoms in total. The van der Waals surface area contributed by atoms with E-state index >= 15 is 0 Å². The van der Waals surface area contributed by atoms with Crippen molar-refractivity contribution < 1.29 is 9.47 Å². The van der Waals surface area contributed by atoms with Crippen molar-refractivity contribution >= 4 is 28.1 Å². The highest BCUT2D eigenvalue weighted by Crippen LogP contribution is 2.24. The fraction of sp³-hybridized carbons (Fsp3) is 0.545. The maximum Gasteiger partial charge on any atom is 0.195 e. The number of hydrogen-bond acceptors (Lipinski definition) is 6. The molecule has 8 heteroatoms. The molecular weight excluding hydrogens is 398 g/mol. The number of methoxy groups -OCH3 is 1. The number of nitrogens with zero attached hydrogens (tertiary/aromatic N) is 3. The Bertz CT molecular complexity index is 789. The smallest absolute Gasteiger partial charge is 0.195 e. The number of thiazole rings is 1. The minimum absolute atomic E-state index is 0.637. The number of aromatic nitrogens is 1. The predicted octanol–water partition coefficient (Wildman–Crippen LogP) is 3.78. The predicted molar refractivity (Wildman–Crippen MR) is 125 cm³/mol. The maximum absolute atomic E-state index is 5.78. The number of rotatable bonds is 11. The van der Waals surface area contributed by atoms with E-state index in [9.17, 15) is 0 Å². The van der Waals surface area contributed by atoms with Gasteiger partial charge < -0.3 is 25.0 Å². The Morgan fingerprint density at radius 3 is 2.93 bits per heavy atom. The van der Waals surface area contributed by atoms with Crippen LogP contribution in [-0.4, -0.2) is 57.4 Å². The van der Waals surface area contributed by atoms with Crippen LogP contribution in [0.4, 0.5) is 10.8 Å². The summed E-state index contributed by atoms with van der Waals surface area (Å²) in [4.78, 5) is 11.9. The lowest BCUT2D eigenvalue weighted by Crippen LogP contribution is -2.30. The van der Waals surface area contributed by atoms with Crippen molar-refractivity contribution in [3.63, 3.8) is 0 Å². The molecule has 164 valence electrons. The van der Waals surface area contributed by atoms with Gasteiger partial charge in [0.1, 0.15) is 5.75 Å². The van der Waals surface area contributed by atoms with Crippen molar-refractivity contribution in [3.05, 3.63) is 35.3 Å². The second-order valence-electron chi connectivity index (χ2n) is 7.17. The average molecular weight is 432 g/mol. The number of ether oxygens (including phenoxy) is 2. The standard InChI is InChI=1S/C22H33N5O2S/c1-3-23-21(25-18-8-6-9-20(16-18)29-15-7-14-28-2)24-11-10-19-17-30-22(26-19)27-12-4-5-13-27/h6,8-9,16-17H,3-5,7,10-15H2,1-2H3,(H2,23,24,25). The van der Waals surface area contributed by atoms with Gasteiger partial charge >= 0.3 is 0 Å². The van der Waals surface area contributed by atoms with Gasteiger partial charge in [-0.25, -0.2) is 4.98 Å². The van der Waals surface area contributed by atoms with E-state index in [1.807, 2.05) is 24.3 Å². The second-order valence-corrected chi connectivity index (χ2v) is 8.01. The van der Waals surface area contributed by atoms with Crippen LogP contribution in [0.15, 0.2) is 34.6 Å². The third-order valence-corrected chi connectivity index (χ3v) is 5.71. The van der Waals surface area contributed by atoms with Crippen LogP contribution >= 0.6 is 11.3 Å². The molecule has 30 heavy (non-hydrogen) atoms. The van der Waals surface area contributed by atoms with Crippen LogP contribution in [0.5, 0.6) is 5.75 Å². The molecule has 0 saturated carbocycles. The molecule has 0 radical (unpaired) electrons. The summed E-state index contributed by atoms with van der Waals surface area (Å²) < 4.78 is 10.8. The zero-order chi connectivity index (χ0) is 21.0. The van der Waals surface area contributed by atoms with E-state index in [0.717, 1.165) is 60.7 Å². The first-order valence-corrected chi connectivity index (χ1v) is 11.6. The van der Waals surface area contributed by atoms with E-state index in [1.165, 1.54) is 12.8 Å². The Morgan fingerprint density at radius 2 is 2.13 bits per heavy atom. The topological polar surface area (TPSA) is 71.0 Å². The lowest BCUT2D eigenvalue weighted by atomic mass is 10.3. The van der Waals surface area contributed by atoms with Crippen LogP contribution in [0, 0.1) is 0 Å². The van der Waals surface area contributed by atoms with E-state index in [2.05, 4.69) is 27.8 Å². The van der Waals surface area contributed by atoms with Crippen LogP contribution in [0.25, 0.3) is 0 Å². The van der Waals surface area contributed by atoms with Gasteiger partial charge in [-0.05, 0) is 31.9 Å². The molecule has 0 atom stereocenters. The summed E-state index contributed by atoms with van der Waals surface area (Å²) in [5.74, 6) is 1.60. The molecule has 1 aromatic carbocycles. The second kappa shape index (κ2) is 12.4. The third kappa shape index (κ3) is 7.18. The molecule has 0 unspecified atom stereocenters. The van der Waals surface area contributed by atoms with Crippen molar-refractivity contribution in [3.8, 4) is 5.75 Å². The van der Waals surface area contributed by atoms with E-state index in [-0.39, 0.29) is 0 Å². The van der Waals surface area contributed by atoms with Gasteiger partial charge in [0.15, 0.2) is 11.1 Å². The Hall–Kier alpha value is -2.32. The highest BCUT2D eigenvalue weighted by Gasteiger charge is 2.15. The van der Waals surface area contributed by atoms with E-state index < -0.39 is 0 Å². The molecular formula is C22H33N5O2S.